The van der Waals surface area contributed by atoms with Gasteiger partial charge in [0.15, 0.2) is 0 Å². The van der Waals surface area contributed by atoms with Crippen LogP contribution in [-0.4, -0.2) is 36.3 Å². The quantitative estimate of drug-likeness (QED) is 0.775. The lowest BCUT2D eigenvalue weighted by atomic mass is 10.1. The molecule has 4 heteroatoms. The molecule has 0 unspecified atom stereocenters. The maximum absolute atomic E-state index is 12.5. The predicted octanol–water partition coefficient (Wildman–Crippen LogP) is 3.30. The minimum Gasteiger partial charge on any atom is -0.341 e. The van der Waals surface area contributed by atoms with Crippen molar-refractivity contribution in [3.63, 3.8) is 0 Å². The molecule has 0 atom stereocenters. The molecule has 1 aromatic rings. The second kappa shape index (κ2) is 8.57. The highest BCUT2D eigenvalue weighted by atomic mass is 16.2. The Morgan fingerprint density at radius 3 is 2.09 bits per heavy atom. The van der Waals surface area contributed by atoms with Crippen molar-refractivity contribution in [2.45, 2.75) is 47.5 Å². The highest BCUT2D eigenvalue weighted by Crippen LogP contribution is 2.21. The van der Waals surface area contributed by atoms with E-state index in [4.69, 9.17) is 0 Å². The van der Waals surface area contributed by atoms with Gasteiger partial charge in [-0.05, 0) is 38.3 Å². The summed E-state index contributed by atoms with van der Waals surface area (Å²) in [5.74, 6) is -0.0906. The van der Waals surface area contributed by atoms with Crippen LogP contribution in [0, 0.1) is 13.8 Å². The zero-order valence-electron chi connectivity index (χ0n) is 14.5. The Bertz CT molecular complexity index is 520. The van der Waals surface area contributed by atoms with Crippen LogP contribution in [0.25, 0.3) is 0 Å². The van der Waals surface area contributed by atoms with Gasteiger partial charge in [0.1, 0.15) is 6.54 Å². The van der Waals surface area contributed by atoms with Crippen LogP contribution in [0.5, 0.6) is 0 Å². The Hall–Kier alpha value is -1.84. The zero-order valence-corrected chi connectivity index (χ0v) is 14.5. The van der Waals surface area contributed by atoms with Crippen LogP contribution < -0.4 is 4.90 Å². The summed E-state index contributed by atoms with van der Waals surface area (Å²) in [6, 6.07) is 5.92. The summed E-state index contributed by atoms with van der Waals surface area (Å²) in [7, 11) is 0. The minimum atomic E-state index is -0.103. The monoisotopic (exact) mass is 304 g/mol. The molecular formula is C18H28N2O2. The molecule has 0 fully saturated rings. The normalized spacial score (nSPS) is 10.4. The standard InChI is InChI=1S/C18H28N2O2/c1-6-10-19(11-7-2)18(22)13-20(16(5)21)17-9-8-14(3)12-15(17)4/h8-9,12H,6-7,10-11,13H2,1-5H3. The van der Waals surface area contributed by atoms with E-state index in [-0.39, 0.29) is 18.4 Å². The molecule has 0 radical (unpaired) electrons. The van der Waals surface area contributed by atoms with Crippen LogP contribution in [0.4, 0.5) is 5.69 Å². The Morgan fingerprint density at radius 1 is 1.05 bits per heavy atom. The van der Waals surface area contributed by atoms with E-state index >= 15 is 0 Å². The molecule has 0 N–H and O–H groups in total. The van der Waals surface area contributed by atoms with Gasteiger partial charge >= 0.3 is 0 Å². The smallest absolute Gasteiger partial charge is 0.242 e. The highest BCUT2D eigenvalue weighted by molar-refractivity contribution is 5.98. The molecular weight excluding hydrogens is 276 g/mol. The van der Waals surface area contributed by atoms with Gasteiger partial charge in [-0.2, -0.15) is 0 Å². The fourth-order valence-corrected chi connectivity index (χ4v) is 2.61. The van der Waals surface area contributed by atoms with Crippen molar-refractivity contribution in [1.29, 1.82) is 0 Å². The van der Waals surface area contributed by atoms with Crippen molar-refractivity contribution in [3.05, 3.63) is 29.3 Å². The predicted molar refractivity (Wildman–Crippen MR) is 91.1 cm³/mol. The molecule has 0 aliphatic carbocycles. The minimum absolute atomic E-state index is 0.0128. The van der Waals surface area contributed by atoms with E-state index in [0.717, 1.165) is 42.7 Å². The molecule has 0 aromatic heterocycles. The number of carbonyl (C=O) groups is 2. The van der Waals surface area contributed by atoms with E-state index < -0.39 is 0 Å². The molecule has 2 amide bonds. The largest absolute Gasteiger partial charge is 0.341 e. The summed E-state index contributed by atoms with van der Waals surface area (Å²) in [5, 5.41) is 0. The first-order chi connectivity index (χ1) is 10.4. The molecule has 22 heavy (non-hydrogen) atoms. The van der Waals surface area contributed by atoms with Crippen molar-refractivity contribution >= 4 is 17.5 Å². The maximum atomic E-state index is 12.5. The van der Waals surface area contributed by atoms with E-state index in [2.05, 4.69) is 13.8 Å². The number of nitrogens with zero attached hydrogens (tertiary/aromatic N) is 2. The molecule has 0 bridgehead atoms. The number of hydrogen-bond donors (Lipinski definition) is 0. The average molecular weight is 304 g/mol. The highest BCUT2D eigenvalue weighted by Gasteiger charge is 2.20. The lowest BCUT2D eigenvalue weighted by molar-refractivity contribution is -0.131. The summed E-state index contributed by atoms with van der Waals surface area (Å²) in [4.78, 5) is 28.0. The van der Waals surface area contributed by atoms with Gasteiger partial charge in [-0.25, -0.2) is 0 Å². The van der Waals surface area contributed by atoms with Gasteiger partial charge in [0.05, 0.1) is 0 Å². The Kier molecular flexibility index (Phi) is 7.09. The number of carbonyl (C=O) groups excluding carboxylic acids is 2. The number of rotatable bonds is 7. The number of hydrogen-bond acceptors (Lipinski definition) is 2. The van der Waals surface area contributed by atoms with Crippen molar-refractivity contribution in [3.8, 4) is 0 Å². The molecule has 4 nitrogen and oxygen atoms in total. The second-order valence-corrected chi connectivity index (χ2v) is 5.78. The average Bonchev–Trinajstić information content (AvgIpc) is 2.44. The van der Waals surface area contributed by atoms with Crippen molar-refractivity contribution < 1.29 is 9.59 Å². The number of aryl methyl sites for hydroxylation is 2. The SMILES string of the molecule is CCCN(CCC)C(=O)CN(C(C)=O)c1ccc(C)cc1C. The molecule has 0 aliphatic heterocycles. The lowest BCUT2D eigenvalue weighted by Gasteiger charge is -2.27. The van der Waals surface area contributed by atoms with Gasteiger partial charge in [0.25, 0.3) is 0 Å². The first-order valence-electron chi connectivity index (χ1n) is 8.03. The van der Waals surface area contributed by atoms with E-state index in [1.54, 1.807) is 4.90 Å². The van der Waals surface area contributed by atoms with Gasteiger partial charge in [0, 0.05) is 25.7 Å². The van der Waals surface area contributed by atoms with E-state index in [0.29, 0.717) is 0 Å². The zero-order chi connectivity index (χ0) is 16.7. The van der Waals surface area contributed by atoms with Crippen LogP contribution in [0.2, 0.25) is 0 Å². The van der Waals surface area contributed by atoms with E-state index in [1.807, 2.05) is 36.9 Å². The van der Waals surface area contributed by atoms with Crippen LogP contribution in [0.15, 0.2) is 18.2 Å². The van der Waals surface area contributed by atoms with Crippen molar-refractivity contribution in [1.82, 2.24) is 4.90 Å². The van der Waals surface area contributed by atoms with Crippen LogP contribution in [-0.2, 0) is 9.59 Å². The van der Waals surface area contributed by atoms with Crippen LogP contribution in [0.1, 0.15) is 44.7 Å². The summed E-state index contributed by atoms with van der Waals surface area (Å²) < 4.78 is 0. The molecule has 1 aromatic carbocycles. The molecule has 0 saturated carbocycles. The molecule has 1 rings (SSSR count). The fraction of sp³-hybridized carbons (Fsp3) is 0.556. The van der Waals surface area contributed by atoms with E-state index in [9.17, 15) is 9.59 Å². The number of amides is 2. The second-order valence-electron chi connectivity index (χ2n) is 5.78. The fourth-order valence-electron chi connectivity index (χ4n) is 2.61. The number of anilines is 1. The number of benzene rings is 1. The third-order valence-electron chi connectivity index (χ3n) is 3.66. The van der Waals surface area contributed by atoms with E-state index in [1.165, 1.54) is 6.92 Å². The topological polar surface area (TPSA) is 40.6 Å². The first-order valence-corrected chi connectivity index (χ1v) is 8.03. The Morgan fingerprint density at radius 2 is 1.64 bits per heavy atom. The molecule has 0 saturated heterocycles. The summed E-state index contributed by atoms with van der Waals surface area (Å²) in [6.45, 7) is 11.2. The van der Waals surface area contributed by atoms with Gasteiger partial charge < -0.3 is 9.80 Å². The summed E-state index contributed by atoms with van der Waals surface area (Å²) >= 11 is 0. The Labute approximate surface area is 134 Å². The summed E-state index contributed by atoms with van der Waals surface area (Å²) in [5.41, 5.74) is 2.98. The Balaban J connectivity index is 2.96. The van der Waals surface area contributed by atoms with Gasteiger partial charge in [-0.15, -0.1) is 0 Å². The summed E-state index contributed by atoms with van der Waals surface area (Å²) in [6.07, 6.45) is 1.85. The first kappa shape index (κ1) is 18.2. The lowest BCUT2D eigenvalue weighted by Crippen LogP contribution is -2.43. The molecule has 0 heterocycles. The van der Waals surface area contributed by atoms with Gasteiger partial charge in [0.2, 0.25) is 11.8 Å². The maximum Gasteiger partial charge on any atom is 0.242 e. The van der Waals surface area contributed by atoms with Gasteiger partial charge in [-0.1, -0.05) is 31.5 Å². The molecule has 0 spiro atoms. The van der Waals surface area contributed by atoms with Gasteiger partial charge in [-0.3, -0.25) is 9.59 Å². The van der Waals surface area contributed by atoms with Crippen LogP contribution >= 0.6 is 0 Å². The van der Waals surface area contributed by atoms with Crippen molar-refractivity contribution in [2.75, 3.05) is 24.5 Å². The molecule has 0 aliphatic rings. The van der Waals surface area contributed by atoms with Crippen LogP contribution in [0.3, 0.4) is 0 Å². The third-order valence-corrected chi connectivity index (χ3v) is 3.66. The molecule has 122 valence electrons. The van der Waals surface area contributed by atoms with Crippen molar-refractivity contribution in [2.24, 2.45) is 0 Å². The third kappa shape index (κ3) is 4.86.